The topological polar surface area (TPSA) is 90.8 Å². The summed E-state index contributed by atoms with van der Waals surface area (Å²) in [4.78, 5) is 17.8. The summed E-state index contributed by atoms with van der Waals surface area (Å²) in [5.74, 6) is 0.882. The van der Waals surface area contributed by atoms with Crippen molar-refractivity contribution in [3.05, 3.63) is 46.4 Å². The Morgan fingerprint density at radius 1 is 1.44 bits per heavy atom. The lowest BCUT2D eigenvalue weighted by atomic mass is 10.3. The SMILES string of the molecule is COc1ccccc1Nc1ncc(C#N)c(=O)[nH]1. The van der Waals surface area contributed by atoms with E-state index in [2.05, 4.69) is 15.3 Å². The molecule has 0 bridgehead atoms. The van der Waals surface area contributed by atoms with E-state index in [0.717, 1.165) is 0 Å². The number of aromatic amines is 1. The third-order valence-corrected chi connectivity index (χ3v) is 2.28. The van der Waals surface area contributed by atoms with Crippen LogP contribution < -0.4 is 15.6 Å². The molecule has 0 radical (unpaired) electrons. The summed E-state index contributed by atoms with van der Waals surface area (Å²) < 4.78 is 5.16. The molecule has 2 rings (SSSR count). The van der Waals surface area contributed by atoms with Gasteiger partial charge in [-0.1, -0.05) is 12.1 Å². The molecule has 1 aromatic heterocycles. The van der Waals surface area contributed by atoms with Crippen molar-refractivity contribution in [3.8, 4) is 11.8 Å². The summed E-state index contributed by atoms with van der Waals surface area (Å²) in [5, 5.41) is 11.5. The summed E-state index contributed by atoms with van der Waals surface area (Å²) in [6.45, 7) is 0. The number of H-pyrrole nitrogens is 1. The molecule has 0 unspecified atom stereocenters. The Bertz CT molecular complexity index is 658. The molecule has 2 N–H and O–H groups in total. The first-order valence-corrected chi connectivity index (χ1v) is 5.14. The molecule has 6 nitrogen and oxygen atoms in total. The summed E-state index contributed by atoms with van der Waals surface area (Å²) in [7, 11) is 1.55. The van der Waals surface area contributed by atoms with Gasteiger partial charge in [0.2, 0.25) is 5.95 Å². The number of nitrogens with zero attached hydrogens (tertiary/aromatic N) is 2. The molecule has 0 aliphatic heterocycles. The normalized spacial score (nSPS) is 9.56. The number of hydrogen-bond acceptors (Lipinski definition) is 5. The second kappa shape index (κ2) is 5.01. The molecule has 0 aliphatic carbocycles. The van der Waals surface area contributed by atoms with Crippen molar-refractivity contribution >= 4 is 11.6 Å². The molecule has 6 heteroatoms. The zero-order chi connectivity index (χ0) is 13.0. The molecule has 90 valence electrons. The first-order valence-electron chi connectivity index (χ1n) is 5.14. The van der Waals surface area contributed by atoms with Crippen molar-refractivity contribution in [2.45, 2.75) is 0 Å². The van der Waals surface area contributed by atoms with Crippen LogP contribution >= 0.6 is 0 Å². The second-order valence-electron chi connectivity index (χ2n) is 3.41. The number of para-hydroxylation sites is 2. The average Bonchev–Trinajstić information content (AvgIpc) is 2.39. The van der Waals surface area contributed by atoms with Gasteiger partial charge in [0.25, 0.3) is 5.56 Å². The number of ether oxygens (including phenoxy) is 1. The van der Waals surface area contributed by atoms with E-state index >= 15 is 0 Å². The second-order valence-corrected chi connectivity index (χ2v) is 3.41. The van der Waals surface area contributed by atoms with Crippen molar-refractivity contribution in [2.24, 2.45) is 0 Å². The zero-order valence-corrected chi connectivity index (χ0v) is 9.60. The quantitative estimate of drug-likeness (QED) is 0.848. The lowest BCUT2D eigenvalue weighted by Crippen LogP contribution is -2.13. The first kappa shape index (κ1) is 11.7. The highest BCUT2D eigenvalue weighted by Gasteiger charge is 2.05. The minimum Gasteiger partial charge on any atom is -0.495 e. The van der Waals surface area contributed by atoms with Gasteiger partial charge in [0, 0.05) is 0 Å². The third kappa shape index (κ3) is 2.30. The summed E-state index contributed by atoms with van der Waals surface area (Å²) in [6, 6.07) is 8.98. The van der Waals surface area contributed by atoms with Crippen LogP contribution in [0.4, 0.5) is 11.6 Å². The van der Waals surface area contributed by atoms with Crippen LogP contribution in [0.15, 0.2) is 35.3 Å². The number of benzene rings is 1. The van der Waals surface area contributed by atoms with Gasteiger partial charge in [0.05, 0.1) is 19.0 Å². The minimum atomic E-state index is -0.482. The standard InChI is InChI=1S/C12H10N4O2/c1-18-10-5-3-2-4-9(10)15-12-14-7-8(6-13)11(17)16-12/h2-5,7H,1H3,(H2,14,15,16,17). The van der Waals surface area contributed by atoms with Crippen molar-refractivity contribution in [3.63, 3.8) is 0 Å². The fraction of sp³-hybridized carbons (Fsp3) is 0.0833. The number of aromatic nitrogens is 2. The van der Waals surface area contributed by atoms with E-state index in [1.807, 2.05) is 12.1 Å². The Labute approximate surface area is 103 Å². The van der Waals surface area contributed by atoms with Crippen LogP contribution in [0.5, 0.6) is 5.75 Å². The fourth-order valence-electron chi connectivity index (χ4n) is 1.41. The van der Waals surface area contributed by atoms with Crippen LogP contribution in [0.2, 0.25) is 0 Å². The molecule has 2 aromatic rings. The van der Waals surface area contributed by atoms with E-state index in [1.165, 1.54) is 6.20 Å². The van der Waals surface area contributed by atoms with Crippen molar-refractivity contribution in [2.75, 3.05) is 12.4 Å². The maximum atomic E-state index is 11.4. The molecule has 1 aromatic carbocycles. The van der Waals surface area contributed by atoms with Gasteiger partial charge in [-0.3, -0.25) is 9.78 Å². The van der Waals surface area contributed by atoms with Gasteiger partial charge in [-0.15, -0.1) is 0 Å². The molecule has 18 heavy (non-hydrogen) atoms. The van der Waals surface area contributed by atoms with E-state index in [-0.39, 0.29) is 11.5 Å². The molecular formula is C12H10N4O2. The van der Waals surface area contributed by atoms with E-state index in [4.69, 9.17) is 10.00 Å². The van der Waals surface area contributed by atoms with Crippen LogP contribution in [0.3, 0.4) is 0 Å². The van der Waals surface area contributed by atoms with E-state index in [1.54, 1.807) is 25.3 Å². The Morgan fingerprint density at radius 2 is 2.22 bits per heavy atom. The van der Waals surface area contributed by atoms with Gasteiger partial charge in [0.15, 0.2) is 0 Å². The molecule has 0 spiro atoms. The highest BCUT2D eigenvalue weighted by molar-refractivity contribution is 5.62. The number of rotatable bonds is 3. The molecule has 0 fully saturated rings. The number of nitrogens with one attached hydrogen (secondary N) is 2. The molecular weight excluding hydrogens is 232 g/mol. The molecule has 0 saturated heterocycles. The van der Waals surface area contributed by atoms with Crippen LogP contribution in [0.1, 0.15) is 5.56 Å². The van der Waals surface area contributed by atoms with E-state index < -0.39 is 5.56 Å². The Kier molecular flexibility index (Phi) is 3.25. The minimum absolute atomic E-state index is 0.0272. The van der Waals surface area contributed by atoms with Crippen LogP contribution in [-0.4, -0.2) is 17.1 Å². The van der Waals surface area contributed by atoms with E-state index in [9.17, 15) is 4.79 Å². The monoisotopic (exact) mass is 242 g/mol. The number of hydrogen-bond donors (Lipinski definition) is 2. The predicted octanol–water partition coefficient (Wildman–Crippen LogP) is 1.39. The van der Waals surface area contributed by atoms with Gasteiger partial charge in [0.1, 0.15) is 17.4 Å². The zero-order valence-electron chi connectivity index (χ0n) is 9.60. The summed E-state index contributed by atoms with van der Waals surface area (Å²) >= 11 is 0. The van der Waals surface area contributed by atoms with Crippen molar-refractivity contribution < 1.29 is 4.74 Å². The lowest BCUT2D eigenvalue weighted by Gasteiger charge is -2.09. The Morgan fingerprint density at radius 3 is 2.89 bits per heavy atom. The average molecular weight is 242 g/mol. The summed E-state index contributed by atoms with van der Waals surface area (Å²) in [5.41, 5.74) is 0.165. The van der Waals surface area contributed by atoms with Gasteiger partial charge in [-0.2, -0.15) is 5.26 Å². The summed E-state index contributed by atoms with van der Waals surface area (Å²) in [6.07, 6.45) is 1.22. The maximum absolute atomic E-state index is 11.4. The molecule has 0 atom stereocenters. The highest BCUT2D eigenvalue weighted by atomic mass is 16.5. The van der Waals surface area contributed by atoms with Crippen LogP contribution in [-0.2, 0) is 0 Å². The molecule has 1 heterocycles. The molecule has 0 aliphatic rings. The first-order chi connectivity index (χ1) is 8.74. The maximum Gasteiger partial charge on any atom is 0.270 e. The Hall–Kier alpha value is -2.81. The Balaban J connectivity index is 2.32. The van der Waals surface area contributed by atoms with Gasteiger partial charge in [-0.25, -0.2) is 4.98 Å². The smallest absolute Gasteiger partial charge is 0.270 e. The predicted molar refractivity (Wildman–Crippen MR) is 65.8 cm³/mol. The van der Waals surface area contributed by atoms with Crippen LogP contribution in [0.25, 0.3) is 0 Å². The largest absolute Gasteiger partial charge is 0.495 e. The fourth-order valence-corrected chi connectivity index (χ4v) is 1.41. The highest BCUT2D eigenvalue weighted by Crippen LogP contribution is 2.24. The molecule has 0 saturated carbocycles. The van der Waals surface area contributed by atoms with Gasteiger partial charge >= 0.3 is 0 Å². The van der Waals surface area contributed by atoms with Gasteiger partial charge < -0.3 is 10.1 Å². The van der Waals surface area contributed by atoms with E-state index in [0.29, 0.717) is 11.4 Å². The number of nitriles is 1. The third-order valence-electron chi connectivity index (χ3n) is 2.28. The molecule has 0 amide bonds. The van der Waals surface area contributed by atoms with Gasteiger partial charge in [-0.05, 0) is 12.1 Å². The van der Waals surface area contributed by atoms with Crippen molar-refractivity contribution in [1.82, 2.24) is 9.97 Å². The van der Waals surface area contributed by atoms with Crippen molar-refractivity contribution in [1.29, 1.82) is 5.26 Å². The van der Waals surface area contributed by atoms with Crippen LogP contribution in [0, 0.1) is 11.3 Å². The lowest BCUT2D eigenvalue weighted by molar-refractivity contribution is 0.417. The number of anilines is 2. The number of methoxy groups -OCH3 is 1.